The monoisotopic (exact) mass is 2120 g/mol. The summed E-state index contributed by atoms with van der Waals surface area (Å²) in [4.78, 5) is 59.4. The van der Waals surface area contributed by atoms with Crippen LogP contribution in [0.15, 0.2) is 95.0 Å². The van der Waals surface area contributed by atoms with Gasteiger partial charge in [0.05, 0.1) is 79.5 Å². The quantitative estimate of drug-likeness (QED) is 0.0219. The van der Waals surface area contributed by atoms with E-state index in [4.69, 9.17) is 0 Å². The molecule has 17 aromatic heterocycles. The van der Waals surface area contributed by atoms with Gasteiger partial charge in [-0.1, -0.05) is 156 Å². The number of hydrogen-bond donors (Lipinski definition) is 0. The molecule has 0 aliphatic carbocycles. The Hall–Kier alpha value is -3.66. The van der Waals surface area contributed by atoms with E-state index in [2.05, 4.69) is 190 Å². The maximum absolute atomic E-state index is 14.5. The normalized spacial score (nSPS) is 12.7. The third kappa shape index (κ3) is 16.1. The van der Waals surface area contributed by atoms with Crippen molar-refractivity contribution in [2.45, 2.75) is 287 Å². The number of nitrogens with zero attached hydrogens (tertiary/aromatic N) is 4. The van der Waals surface area contributed by atoms with Gasteiger partial charge < -0.3 is 0 Å². The maximum atomic E-state index is 14.5. The zero-order chi connectivity index (χ0) is 82.7. The summed E-state index contributed by atoms with van der Waals surface area (Å²) in [7, 11) is 0. The Kier molecular flexibility index (Phi) is 28.0. The van der Waals surface area contributed by atoms with Gasteiger partial charge in [0.25, 0.3) is 22.2 Å². The Morgan fingerprint density at radius 2 is 0.597 bits per heavy atom. The zero-order valence-electron chi connectivity index (χ0n) is 70.0. The number of benzene rings is 2. The molecule has 0 amide bonds. The van der Waals surface area contributed by atoms with Crippen LogP contribution in [0.1, 0.15) is 268 Å². The molecule has 8 nitrogen and oxygen atoms in total. The topological polar surface area (TPSA) is 85.9 Å². The van der Waals surface area contributed by atoms with Gasteiger partial charge in [-0.3, -0.25) is 36.8 Å². The Bertz CT molecular complexity index is 6760. The van der Waals surface area contributed by atoms with E-state index in [1.54, 1.807) is 72.8 Å². The summed E-state index contributed by atoms with van der Waals surface area (Å²) >= 11 is 28.5. The fraction of sp³-hybridized carbons (Fsp3) is 0.464. The number of fused-ring (bicyclic) bond motifs is 19. The number of thiophene rings is 9. The SMILES string of the molecule is CCCCCCCCc1c(CCCCCCCC)c2c3c(sc4c(=O)n5c(cc6scc(Br)c65)c1c43)c(=O)n1c2cc2scc(Br)c21.CCCCCCCCc1c(CCCCCCCC)c2c3c(sc4c(=O)n5c6cc(Br)sc6cc5c1c43)c(=O)n1c3cc(Br)sc3cc21.CCC[CH2][Sn]([CH2]CCC)([CH2]CCC)[c]1cc2sc3cc(C)sc3c2s1. The molecule has 0 saturated carbocycles. The van der Waals surface area contributed by atoms with Crippen LogP contribution in [0.5, 0.6) is 0 Å². The van der Waals surface area contributed by atoms with Gasteiger partial charge in [0.2, 0.25) is 0 Å². The molecule has 19 aromatic rings. The van der Waals surface area contributed by atoms with Crippen LogP contribution in [0.2, 0.25) is 13.3 Å². The van der Waals surface area contributed by atoms with Crippen molar-refractivity contribution in [2.75, 3.05) is 0 Å². The van der Waals surface area contributed by atoms with Crippen molar-refractivity contribution in [2.24, 2.45) is 0 Å². The van der Waals surface area contributed by atoms with Gasteiger partial charge in [0.15, 0.2) is 0 Å². The molecule has 0 aliphatic heterocycles. The van der Waals surface area contributed by atoms with E-state index >= 15 is 0 Å². The fourth-order valence-electron chi connectivity index (χ4n) is 20.1. The molecule has 17 heterocycles. The van der Waals surface area contributed by atoms with E-state index in [0.717, 1.165) is 162 Å². The molecule has 2 aromatic carbocycles. The molecule has 626 valence electrons. The third-order valence-corrected chi connectivity index (χ3v) is 56.9. The molecule has 0 aliphatic rings. The Labute approximate surface area is 770 Å². The van der Waals surface area contributed by atoms with Crippen LogP contribution in [-0.4, -0.2) is 36.0 Å². The van der Waals surface area contributed by atoms with Crippen LogP contribution in [0.25, 0.3) is 144 Å². The Morgan fingerprint density at radius 1 is 0.286 bits per heavy atom. The summed E-state index contributed by atoms with van der Waals surface area (Å²) in [5, 5.41) is 13.1. The van der Waals surface area contributed by atoms with Crippen molar-refractivity contribution in [3.8, 4) is 0 Å². The average Bonchev–Trinajstić information content (AvgIpc) is 1.54. The molecule has 0 radical (unpaired) electrons. The number of unbranched alkanes of at least 4 members (excludes halogenated alkanes) is 23. The van der Waals surface area contributed by atoms with Crippen molar-refractivity contribution in [1.82, 2.24) is 17.6 Å². The first kappa shape index (κ1) is 87.4. The molecule has 0 bridgehead atoms. The van der Waals surface area contributed by atoms with Crippen molar-refractivity contribution in [3.63, 3.8) is 0 Å². The Morgan fingerprint density at radius 3 is 0.958 bits per heavy atom. The third-order valence-electron chi connectivity index (χ3n) is 25.9. The first-order valence-corrected chi connectivity index (χ1v) is 62.7. The van der Waals surface area contributed by atoms with Gasteiger partial charge in [0, 0.05) is 53.8 Å². The van der Waals surface area contributed by atoms with Crippen molar-refractivity contribution >= 4 is 331 Å². The molecular formula is C97H108Br4N4O4S9Sn. The van der Waals surface area contributed by atoms with Crippen LogP contribution in [0.3, 0.4) is 0 Å². The molecule has 0 saturated heterocycles. The summed E-state index contributed by atoms with van der Waals surface area (Å²) in [5.74, 6) is 0. The predicted octanol–water partition coefficient (Wildman–Crippen LogP) is 34.7. The van der Waals surface area contributed by atoms with Crippen LogP contribution in [-0.2, 0) is 25.7 Å². The van der Waals surface area contributed by atoms with E-state index in [0.29, 0.717) is 9.40 Å². The van der Waals surface area contributed by atoms with Crippen molar-refractivity contribution < 1.29 is 0 Å². The van der Waals surface area contributed by atoms with Gasteiger partial charge in [-0.2, -0.15) is 0 Å². The minimum absolute atomic E-state index is 0.00278. The van der Waals surface area contributed by atoms with Crippen molar-refractivity contribution in [3.05, 3.63) is 144 Å². The zero-order valence-corrected chi connectivity index (χ0v) is 86.6. The Balaban J connectivity index is 0.000000134. The summed E-state index contributed by atoms with van der Waals surface area (Å²) in [5.41, 5.74) is 13.4. The van der Waals surface area contributed by atoms with E-state index in [1.165, 1.54) is 243 Å². The molecule has 119 heavy (non-hydrogen) atoms. The second-order valence-corrected chi connectivity index (χ2v) is 62.0. The summed E-state index contributed by atoms with van der Waals surface area (Å²) in [6, 6.07) is 18.2. The van der Waals surface area contributed by atoms with Gasteiger partial charge >= 0.3 is 171 Å². The predicted molar refractivity (Wildman–Crippen MR) is 552 cm³/mol. The fourth-order valence-corrected chi connectivity index (χ4v) is 52.1. The molecule has 22 heteroatoms. The van der Waals surface area contributed by atoms with E-state index in [9.17, 15) is 19.2 Å². The molecule has 0 unspecified atom stereocenters. The second kappa shape index (κ2) is 38.1. The molecule has 0 fully saturated rings. The van der Waals surface area contributed by atoms with E-state index < -0.39 is 18.4 Å². The summed E-state index contributed by atoms with van der Waals surface area (Å²) < 4.78 is 32.1. The average molecular weight is 2120 g/mol. The first-order chi connectivity index (χ1) is 58.0. The first-order valence-electron chi connectivity index (χ1n) is 44.6. The molecule has 0 atom stereocenters. The van der Waals surface area contributed by atoms with Crippen LogP contribution in [0.4, 0.5) is 0 Å². The second-order valence-electron chi connectivity index (χ2n) is 33.9. The summed E-state index contributed by atoms with van der Waals surface area (Å²) in [6.45, 7) is 18.5. The number of aromatic nitrogens is 4. The van der Waals surface area contributed by atoms with Gasteiger partial charge in [-0.15, -0.1) is 68.0 Å². The number of aryl methyl sites for hydroxylation is 5. The van der Waals surface area contributed by atoms with E-state index in [-0.39, 0.29) is 22.2 Å². The number of hydrogen-bond acceptors (Lipinski definition) is 13. The van der Waals surface area contributed by atoms with Gasteiger partial charge in [0.1, 0.15) is 18.8 Å². The van der Waals surface area contributed by atoms with Crippen LogP contribution >= 0.6 is 166 Å². The number of halogens is 4. The van der Waals surface area contributed by atoms with E-state index in [1.807, 2.05) is 43.2 Å². The minimum atomic E-state index is -2.24. The van der Waals surface area contributed by atoms with Gasteiger partial charge in [-0.25, -0.2) is 0 Å². The number of rotatable bonds is 38. The molecular weight excluding hydrogens is 2010 g/mol. The van der Waals surface area contributed by atoms with Gasteiger partial charge in [-0.05, 0) is 174 Å². The molecule has 0 spiro atoms. The molecule has 19 rings (SSSR count). The van der Waals surface area contributed by atoms with Crippen molar-refractivity contribution in [1.29, 1.82) is 0 Å². The molecule has 0 N–H and O–H groups in total. The standard InChI is InChI=1S/2C38H38Br2N2O2S3.C9H5S3.3C4H9.Sn/c1-3-5-7-9-11-13-15-21-22(16-14-12-10-8-6-4-2)30-26-18-28-34(24(40)20-46-28)42(26)38(44)36-32(30)31-29(21)25-17-27-33(23(39)19-45-27)41(25)37(43)35(31)47-36;1-3-5-7-9-11-13-15-21-22(16-14-12-10-8-6-4-2)32-26-18-28-24(20-30(40)46-28)42(26)38(44)36-34(32)33-31(21)25-17-27-23(19-29(39)45-27)41(25)37(43)35(33)47-36;1-5-4-7-9(11-5)8-6(12-7)2-3-10-8;3*1-3-4-2;/h2*17-20H,3-16H2,1-2H3;2,4H,1H3;3*1,3-4H2,2H3;. The van der Waals surface area contributed by atoms with Crippen LogP contribution < -0.4 is 25.1 Å². The summed E-state index contributed by atoms with van der Waals surface area (Å²) in [6.07, 6.45) is 42.2. The van der Waals surface area contributed by atoms with Crippen LogP contribution in [0, 0.1) is 6.92 Å². The number of pyridine rings is 4.